The predicted molar refractivity (Wildman–Crippen MR) is 130 cm³/mol. The van der Waals surface area contributed by atoms with Crippen molar-refractivity contribution in [2.45, 2.75) is 48.8 Å². The number of ether oxygens (including phenoxy) is 5. The Bertz CT molecular complexity index is 1090. The molecule has 2 aromatic rings. The quantitative estimate of drug-likeness (QED) is 0.212. The molecule has 2 saturated heterocycles. The zero-order valence-corrected chi connectivity index (χ0v) is 21.0. The molecule has 0 saturated carbocycles. The van der Waals surface area contributed by atoms with E-state index in [1.807, 2.05) is 0 Å². The molecule has 2 heterocycles. The van der Waals surface area contributed by atoms with E-state index in [9.17, 15) is 35.7 Å². The van der Waals surface area contributed by atoms with Crippen LogP contribution < -0.4 is 14.2 Å². The second kappa shape index (κ2) is 11.6. The molecular weight excluding hydrogens is 504 g/mol. The molecule has 0 bridgehead atoms. The Labute approximate surface area is 219 Å². The Balaban J connectivity index is 1.52. The number of aromatic hydroxyl groups is 1. The van der Waals surface area contributed by atoms with Gasteiger partial charge in [-0.05, 0) is 35.4 Å². The molecule has 0 radical (unpaired) electrons. The lowest BCUT2D eigenvalue weighted by atomic mass is 9.80. The number of hydrogen-bond acceptors (Lipinski definition) is 12. The van der Waals surface area contributed by atoms with Crippen LogP contribution in [-0.2, 0) is 15.9 Å². The van der Waals surface area contributed by atoms with Gasteiger partial charge in [0.1, 0.15) is 24.4 Å². The van der Waals surface area contributed by atoms with Gasteiger partial charge in [-0.2, -0.15) is 0 Å². The first-order valence-corrected chi connectivity index (χ1v) is 12.1. The number of benzene rings is 2. The third-order valence-corrected chi connectivity index (χ3v) is 7.13. The van der Waals surface area contributed by atoms with Gasteiger partial charge in [-0.15, -0.1) is 0 Å². The van der Waals surface area contributed by atoms with Gasteiger partial charge in [-0.3, -0.25) is 0 Å². The van der Waals surface area contributed by atoms with E-state index >= 15 is 0 Å². The van der Waals surface area contributed by atoms with E-state index in [1.165, 1.54) is 26.4 Å². The molecule has 12 heteroatoms. The minimum atomic E-state index is -1.59. The first-order valence-electron chi connectivity index (χ1n) is 12.1. The smallest absolute Gasteiger partial charge is 0.229 e. The molecular formula is C26H34O12. The van der Waals surface area contributed by atoms with Crippen molar-refractivity contribution < 1.29 is 59.4 Å². The highest BCUT2D eigenvalue weighted by molar-refractivity contribution is 5.45. The van der Waals surface area contributed by atoms with Crippen LogP contribution in [0.5, 0.6) is 23.0 Å². The van der Waals surface area contributed by atoms with E-state index in [1.54, 1.807) is 24.3 Å². The fourth-order valence-electron chi connectivity index (χ4n) is 4.95. The lowest BCUT2D eigenvalue weighted by Gasteiger charge is -2.39. The fourth-order valence-corrected chi connectivity index (χ4v) is 4.95. The average Bonchev–Trinajstić information content (AvgIpc) is 3.25. The van der Waals surface area contributed by atoms with Crippen molar-refractivity contribution in [1.82, 2.24) is 0 Å². The van der Waals surface area contributed by atoms with E-state index in [0.29, 0.717) is 11.1 Å². The molecule has 4 rings (SSSR count). The first kappa shape index (κ1) is 28.3. The molecule has 0 spiro atoms. The van der Waals surface area contributed by atoms with Crippen molar-refractivity contribution in [2.24, 2.45) is 5.92 Å². The summed E-state index contributed by atoms with van der Waals surface area (Å²) < 4.78 is 27.6. The predicted octanol–water partition coefficient (Wildman–Crippen LogP) is -0.758. The van der Waals surface area contributed by atoms with E-state index in [0.717, 1.165) is 0 Å². The van der Waals surface area contributed by atoms with Gasteiger partial charge in [0, 0.05) is 12.3 Å². The summed E-state index contributed by atoms with van der Waals surface area (Å²) >= 11 is 0. The van der Waals surface area contributed by atoms with Crippen LogP contribution >= 0.6 is 0 Å². The van der Waals surface area contributed by atoms with Crippen LogP contribution in [0.4, 0.5) is 0 Å². The molecule has 7 N–H and O–H groups in total. The summed E-state index contributed by atoms with van der Waals surface area (Å²) in [4.78, 5) is 0. The van der Waals surface area contributed by atoms with Crippen LogP contribution in [-0.4, -0.2) is 106 Å². The molecule has 0 aromatic heterocycles. The minimum Gasteiger partial charge on any atom is -0.504 e. The van der Waals surface area contributed by atoms with Crippen molar-refractivity contribution in [3.63, 3.8) is 0 Å². The second-order valence-electron chi connectivity index (χ2n) is 9.53. The van der Waals surface area contributed by atoms with E-state index in [-0.39, 0.29) is 42.6 Å². The van der Waals surface area contributed by atoms with Crippen molar-refractivity contribution in [3.8, 4) is 23.0 Å². The summed E-state index contributed by atoms with van der Waals surface area (Å²) in [6.45, 7) is -1.01. The van der Waals surface area contributed by atoms with Crippen molar-refractivity contribution in [2.75, 3.05) is 34.0 Å². The maximum atomic E-state index is 11.5. The van der Waals surface area contributed by atoms with Gasteiger partial charge >= 0.3 is 0 Å². The third kappa shape index (κ3) is 5.40. The standard InChI is InChI=1S/C26H34O12/c1-34-18-8-14(4-5-16(18)29)24-15(10-27)26(33,12-36-24)9-13-3-6-17(19(7-13)35-2)37-25-23(32)22(31)21(30)20(11-28)38-25/h3-8,15,20-25,27-33H,9-12H2,1-2H3/t15-,20-,21-,22+,23-,24-,25+,26+/m1/s1. The zero-order valence-electron chi connectivity index (χ0n) is 21.0. The first-order chi connectivity index (χ1) is 18.1. The molecule has 0 amide bonds. The average molecular weight is 539 g/mol. The van der Waals surface area contributed by atoms with Crippen molar-refractivity contribution >= 4 is 0 Å². The lowest BCUT2D eigenvalue weighted by Crippen LogP contribution is -2.60. The Morgan fingerprint density at radius 1 is 0.895 bits per heavy atom. The highest BCUT2D eigenvalue weighted by Gasteiger charge is 2.49. The normalized spacial score (nSPS) is 33.2. The molecule has 8 atom stereocenters. The number of phenols is 1. The van der Waals surface area contributed by atoms with E-state index in [2.05, 4.69) is 0 Å². The summed E-state index contributed by atoms with van der Waals surface area (Å²) in [5, 5.41) is 71.2. The SMILES string of the molecule is COc1cc([C@H]2OC[C@@](O)(Cc3ccc(O[C@H]4O[C@H](CO)[C@@H](O)[C@H](O)[C@H]4O)c(OC)c3)[C@@H]2CO)ccc1O. The Morgan fingerprint density at radius 2 is 1.63 bits per heavy atom. The molecule has 2 aliphatic rings. The highest BCUT2D eigenvalue weighted by Crippen LogP contribution is 2.44. The van der Waals surface area contributed by atoms with Gasteiger partial charge in [-0.1, -0.05) is 12.1 Å². The van der Waals surface area contributed by atoms with Crippen LogP contribution in [0.1, 0.15) is 17.2 Å². The van der Waals surface area contributed by atoms with Gasteiger partial charge in [-0.25, -0.2) is 0 Å². The zero-order chi connectivity index (χ0) is 27.6. The fraction of sp³-hybridized carbons (Fsp3) is 0.538. The summed E-state index contributed by atoms with van der Waals surface area (Å²) in [6.07, 6.45) is -7.76. The maximum Gasteiger partial charge on any atom is 0.229 e. The molecule has 2 aliphatic heterocycles. The molecule has 12 nitrogen and oxygen atoms in total. The number of phenolic OH excluding ortho intramolecular Hbond substituents is 1. The second-order valence-corrected chi connectivity index (χ2v) is 9.53. The monoisotopic (exact) mass is 538 g/mol. The van der Waals surface area contributed by atoms with Gasteiger partial charge in [0.05, 0.1) is 45.7 Å². The van der Waals surface area contributed by atoms with Crippen molar-refractivity contribution in [3.05, 3.63) is 47.5 Å². The molecule has 38 heavy (non-hydrogen) atoms. The number of methoxy groups -OCH3 is 2. The van der Waals surface area contributed by atoms with Gasteiger partial charge in [0.2, 0.25) is 6.29 Å². The molecule has 0 unspecified atom stereocenters. The summed E-state index contributed by atoms with van der Waals surface area (Å²) in [7, 11) is 2.82. The number of hydrogen-bond donors (Lipinski definition) is 7. The maximum absolute atomic E-state index is 11.5. The summed E-state index contributed by atoms with van der Waals surface area (Å²) in [5.74, 6) is -0.0840. The minimum absolute atomic E-state index is 0.0387. The largest absolute Gasteiger partial charge is 0.504 e. The Kier molecular flexibility index (Phi) is 8.65. The van der Waals surface area contributed by atoms with Crippen molar-refractivity contribution in [1.29, 1.82) is 0 Å². The molecule has 210 valence electrons. The van der Waals surface area contributed by atoms with Crippen LogP contribution in [0.3, 0.4) is 0 Å². The van der Waals surface area contributed by atoms with Gasteiger partial charge in [0.25, 0.3) is 0 Å². The number of aliphatic hydroxyl groups excluding tert-OH is 5. The van der Waals surface area contributed by atoms with Crippen LogP contribution in [0.2, 0.25) is 0 Å². The molecule has 2 aromatic carbocycles. The van der Waals surface area contributed by atoms with Crippen LogP contribution in [0.25, 0.3) is 0 Å². The van der Waals surface area contributed by atoms with Crippen LogP contribution in [0.15, 0.2) is 36.4 Å². The Morgan fingerprint density at radius 3 is 2.29 bits per heavy atom. The summed E-state index contributed by atoms with van der Waals surface area (Å²) in [5.41, 5.74) is -0.165. The third-order valence-electron chi connectivity index (χ3n) is 7.13. The lowest BCUT2D eigenvalue weighted by molar-refractivity contribution is -0.277. The summed E-state index contributed by atoms with van der Waals surface area (Å²) in [6, 6.07) is 9.51. The number of rotatable bonds is 9. The number of aliphatic hydroxyl groups is 6. The highest BCUT2D eigenvalue weighted by atomic mass is 16.7. The van der Waals surface area contributed by atoms with Gasteiger partial charge in [0.15, 0.2) is 23.0 Å². The van der Waals surface area contributed by atoms with E-state index in [4.69, 9.17) is 23.7 Å². The Hall–Kier alpha value is -2.68. The van der Waals surface area contributed by atoms with Gasteiger partial charge < -0.3 is 59.4 Å². The van der Waals surface area contributed by atoms with E-state index < -0.39 is 54.9 Å². The molecule has 0 aliphatic carbocycles. The van der Waals surface area contributed by atoms with Crippen LogP contribution in [0, 0.1) is 5.92 Å². The molecule has 2 fully saturated rings. The topological polar surface area (TPSA) is 188 Å².